The molecule has 0 N–H and O–H groups in total. The molecule has 0 radical (unpaired) electrons. The summed E-state index contributed by atoms with van der Waals surface area (Å²) in [6, 6.07) is 0. The van der Waals surface area contributed by atoms with Gasteiger partial charge in [0.25, 0.3) is 0 Å². The number of esters is 1. The number of benzene rings is 1. The van der Waals surface area contributed by atoms with Gasteiger partial charge in [0.2, 0.25) is 0 Å². The minimum Gasteiger partial charge on any atom is -0.460 e. The molecule has 2 rings (SSSR count). The molecule has 2 atom stereocenters. The molecule has 0 heterocycles. The van der Waals surface area contributed by atoms with Crippen LogP contribution >= 0.6 is 34.8 Å². The lowest BCUT2D eigenvalue weighted by molar-refractivity contribution is -0.164. The summed E-state index contributed by atoms with van der Waals surface area (Å²) in [5, 5.41) is -0.966. The van der Waals surface area contributed by atoms with E-state index in [1.807, 2.05) is 0 Å². The lowest BCUT2D eigenvalue weighted by Crippen LogP contribution is -2.48. The molecular formula is C16H13Cl3F4O2. The Labute approximate surface area is 156 Å². The summed E-state index contributed by atoms with van der Waals surface area (Å²) in [6.45, 7) is 2.77. The van der Waals surface area contributed by atoms with Gasteiger partial charge in [-0.15, -0.1) is 0 Å². The second-order valence-electron chi connectivity index (χ2n) is 6.33. The van der Waals surface area contributed by atoms with Crippen LogP contribution in [-0.2, 0) is 16.1 Å². The van der Waals surface area contributed by atoms with Crippen molar-refractivity contribution < 1.29 is 27.1 Å². The van der Waals surface area contributed by atoms with Crippen LogP contribution in [0.4, 0.5) is 17.6 Å². The first-order chi connectivity index (χ1) is 11.5. The van der Waals surface area contributed by atoms with Gasteiger partial charge >= 0.3 is 5.97 Å². The average Bonchev–Trinajstić information content (AvgIpc) is 2.54. The number of ether oxygens (including phenoxy) is 1. The molecule has 0 spiro atoms. The SMILES string of the molecule is CC1(C)C(C=C(Cl)Cl)CC1C(=O)OCc1c(F)c(F)c(F)c(F)c1Cl. The Bertz CT molecular complexity index is 716. The summed E-state index contributed by atoms with van der Waals surface area (Å²) >= 11 is 16.7. The second-order valence-corrected chi connectivity index (χ2v) is 7.71. The molecule has 2 nitrogen and oxygen atoms in total. The first kappa shape index (κ1) is 20.3. The van der Waals surface area contributed by atoms with Crippen molar-refractivity contribution in [3.8, 4) is 0 Å². The van der Waals surface area contributed by atoms with Crippen molar-refractivity contribution in [2.24, 2.45) is 17.3 Å². The van der Waals surface area contributed by atoms with Crippen LogP contribution in [0, 0.1) is 40.5 Å². The Hall–Kier alpha value is -0.980. The predicted octanol–water partition coefficient (Wildman–Crippen LogP) is 5.92. The maximum atomic E-state index is 13.7. The minimum absolute atomic E-state index is 0.0592. The number of carbonyl (C=O) groups excluding carboxylic acids is 1. The van der Waals surface area contributed by atoms with Crippen molar-refractivity contribution in [3.05, 3.63) is 44.4 Å². The summed E-state index contributed by atoms with van der Waals surface area (Å²) in [5.41, 5.74) is -1.28. The summed E-state index contributed by atoms with van der Waals surface area (Å²) < 4.78 is 58.5. The van der Waals surface area contributed by atoms with E-state index in [4.69, 9.17) is 39.5 Å². The van der Waals surface area contributed by atoms with Gasteiger partial charge in [0.1, 0.15) is 11.1 Å². The fraction of sp³-hybridized carbons (Fsp3) is 0.438. The summed E-state index contributed by atoms with van der Waals surface area (Å²) in [6.07, 6.45) is 2.01. The van der Waals surface area contributed by atoms with Crippen LogP contribution in [0.3, 0.4) is 0 Å². The molecule has 0 aliphatic heterocycles. The van der Waals surface area contributed by atoms with Crippen molar-refractivity contribution in [2.45, 2.75) is 26.9 Å². The quantitative estimate of drug-likeness (QED) is 0.262. The van der Waals surface area contributed by atoms with Crippen LogP contribution in [0.5, 0.6) is 0 Å². The number of hydrogen-bond acceptors (Lipinski definition) is 2. The Morgan fingerprint density at radius 1 is 1.16 bits per heavy atom. The molecule has 1 aliphatic rings. The van der Waals surface area contributed by atoms with Crippen LogP contribution in [0.1, 0.15) is 25.8 Å². The molecule has 1 aromatic rings. The highest BCUT2D eigenvalue weighted by Crippen LogP contribution is 2.53. The molecule has 25 heavy (non-hydrogen) atoms. The van der Waals surface area contributed by atoms with Crippen LogP contribution in [0.25, 0.3) is 0 Å². The molecule has 1 saturated carbocycles. The van der Waals surface area contributed by atoms with E-state index in [0.717, 1.165) is 0 Å². The molecule has 2 unspecified atom stereocenters. The summed E-state index contributed by atoms with van der Waals surface area (Å²) in [4.78, 5) is 12.2. The van der Waals surface area contributed by atoms with Gasteiger partial charge in [-0.1, -0.05) is 54.7 Å². The van der Waals surface area contributed by atoms with Gasteiger partial charge in [-0.25, -0.2) is 17.6 Å². The number of carbonyl (C=O) groups is 1. The molecule has 0 bridgehead atoms. The van der Waals surface area contributed by atoms with Crippen LogP contribution in [-0.4, -0.2) is 5.97 Å². The van der Waals surface area contributed by atoms with E-state index in [-0.39, 0.29) is 10.4 Å². The molecule has 1 aromatic carbocycles. The smallest absolute Gasteiger partial charge is 0.309 e. The average molecular weight is 420 g/mol. The van der Waals surface area contributed by atoms with E-state index in [1.54, 1.807) is 19.9 Å². The van der Waals surface area contributed by atoms with Gasteiger partial charge in [0, 0.05) is 0 Å². The highest BCUT2D eigenvalue weighted by Gasteiger charge is 2.51. The van der Waals surface area contributed by atoms with Gasteiger partial charge in [-0.3, -0.25) is 4.79 Å². The fourth-order valence-corrected chi connectivity index (χ4v) is 3.34. The molecule has 1 fully saturated rings. The van der Waals surface area contributed by atoms with E-state index >= 15 is 0 Å². The molecule has 9 heteroatoms. The Balaban J connectivity index is 2.11. The highest BCUT2D eigenvalue weighted by atomic mass is 35.5. The van der Waals surface area contributed by atoms with Gasteiger partial charge < -0.3 is 4.74 Å². The Morgan fingerprint density at radius 3 is 2.24 bits per heavy atom. The third-order valence-electron chi connectivity index (χ3n) is 4.61. The zero-order chi connectivity index (χ0) is 19.1. The minimum atomic E-state index is -2.02. The normalized spacial score (nSPS) is 21.5. The maximum absolute atomic E-state index is 13.7. The van der Waals surface area contributed by atoms with E-state index in [9.17, 15) is 22.4 Å². The maximum Gasteiger partial charge on any atom is 0.309 e. The number of rotatable bonds is 4. The van der Waals surface area contributed by atoms with E-state index in [0.29, 0.717) is 6.42 Å². The molecule has 138 valence electrons. The lowest BCUT2D eigenvalue weighted by Gasteiger charge is -2.49. The second kappa shape index (κ2) is 7.33. The largest absolute Gasteiger partial charge is 0.460 e. The highest BCUT2D eigenvalue weighted by molar-refractivity contribution is 6.55. The van der Waals surface area contributed by atoms with Crippen molar-refractivity contribution >= 4 is 40.8 Å². The molecule has 0 saturated heterocycles. The number of halogens is 7. The zero-order valence-corrected chi connectivity index (χ0v) is 15.4. The molecule has 1 aliphatic carbocycles. The van der Waals surface area contributed by atoms with Gasteiger partial charge in [0.05, 0.1) is 16.5 Å². The van der Waals surface area contributed by atoms with Gasteiger partial charge in [-0.2, -0.15) is 0 Å². The molecule has 0 amide bonds. The monoisotopic (exact) mass is 418 g/mol. The van der Waals surface area contributed by atoms with Crippen LogP contribution < -0.4 is 0 Å². The summed E-state index contributed by atoms with van der Waals surface area (Å²) in [7, 11) is 0. The Morgan fingerprint density at radius 2 is 1.72 bits per heavy atom. The first-order valence-electron chi connectivity index (χ1n) is 7.18. The lowest BCUT2D eigenvalue weighted by atomic mass is 9.55. The zero-order valence-electron chi connectivity index (χ0n) is 13.1. The summed E-state index contributed by atoms with van der Waals surface area (Å²) in [5.74, 6) is -8.77. The first-order valence-corrected chi connectivity index (χ1v) is 8.31. The fourth-order valence-electron chi connectivity index (χ4n) is 2.82. The van der Waals surface area contributed by atoms with E-state index < -0.39 is 57.8 Å². The molecular weight excluding hydrogens is 407 g/mol. The number of allylic oxidation sites excluding steroid dienone is 1. The number of hydrogen-bond donors (Lipinski definition) is 0. The standard InChI is InChI=1S/C16H13Cl3F4O2/c1-16(2)6(4-9(17)18)3-8(16)15(24)25-5-7-10(19)12(21)14(23)13(22)11(7)20/h4,6,8H,3,5H2,1-2H3. The molecule has 0 aromatic heterocycles. The van der Waals surface area contributed by atoms with Gasteiger partial charge in [-0.05, 0) is 17.8 Å². The van der Waals surface area contributed by atoms with Crippen molar-refractivity contribution in [2.75, 3.05) is 0 Å². The van der Waals surface area contributed by atoms with Crippen molar-refractivity contribution in [1.82, 2.24) is 0 Å². The predicted molar refractivity (Wildman–Crippen MR) is 86.2 cm³/mol. The van der Waals surface area contributed by atoms with Gasteiger partial charge in [0.15, 0.2) is 23.3 Å². The Kier molecular flexibility index (Phi) is 5.96. The van der Waals surface area contributed by atoms with E-state index in [2.05, 4.69) is 0 Å². The van der Waals surface area contributed by atoms with Crippen molar-refractivity contribution in [3.63, 3.8) is 0 Å². The third kappa shape index (κ3) is 3.76. The van der Waals surface area contributed by atoms with Crippen LogP contribution in [0.15, 0.2) is 10.6 Å². The van der Waals surface area contributed by atoms with Crippen molar-refractivity contribution in [1.29, 1.82) is 0 Å². The third-order valence-corrected chi connectivity index (χ3v) is 5.26. The van der Waals surface area contributed by atoms with Crippen LogP contribution in [0.2, 0.25) is 5.02 Å². The van der Waals surface area contributed by atoms with E-state index in [1.165, 1.54) is 0 Å². The topological polar surface area (TPSA) is 26.3 Å².